The van der Waals surface area contributed by atoms with Crippen molar-refractivity contribution in [3.05, 3.63) is 29.3 Å². The fourth-order valence-corrected chi connectivity index (χ4v) is 2.52. The molecular formula is C16H21NO4. The number of carboxylic acids is 1. The number of nitrogens with one attached hydrogen (secondary N) is 1. The van der Waals surface area contributed by atoms with Crippen LogP contribution in [0.25, 0.3) is 0 Å². The summed E-state index contributed by atoms with van der Waals surface area (Å²) in [5, 5.41) is 11.7. The van der Waals surface area contributed by atoms with Crippen molar-refractivity contribution in [3.63, 3.8) is 0 Å². The first-order valence-corrected chi connectivity index (χ1v) is 7.13. The van der Waals surface area contributed by atoms with E-state index in [2.05, 4.69) is 5.32 Å². The van der Waals surface area contributed by atoms with Gasteiger partial charge in [-0.1, -0.05) is 6.07 Å². The first-order chi connectivity index (χ1) is 9.90. The average Bonchev–Trinajstić information content (AvgIpc) is 2.37. The molecule has 1 aromatic carbocycles. The highest BCUT2D eigenvalue weighted by Gasteiger charge is 2.40. The molecule has 5 nitrogen and oxygen atoms in total. The van der Waals surface area contributed by atoms with Crippen molar-refractivity contribution in [2.24, 2.45) is 0 Å². The summed E-state index contributed by atoms with van der Waals surface area (Å²) in [7, 11) is 0. The number of carbonyl (C=O) groups excluding carboxylic acids is 1. The molecule has 2 rings (SSSR count). The van der Waals surface area contributed by atoms with E-state index in [0.717, 1.165) is 12.0 Å². The smallest absolute Gasteiger partial charge is 0.305 e. The number of ether oxygens (including phenoxy) is 1. The molecule has 0 atom stereocenters. The van der Waals surface area contributed by atoms with Crippen molar-refractivity contribution in [1.29, 1.82) is 0 Å². The maximum absolute atomic E-state index is 11.9. The predicted octanol–water partition coefficient (Wildman–Crippen LogP) is 2.20. The highest BCUT2D eigenvalue weighted by Crippen LogP contribution is 2.34. The number of carboxylic acid groups (broad SMARTS) is 1. The molecule has 2 N–H and O–H groups in total. The van der Waals surface area contributed by atoms with Crippen LogP contribution in [0.1, 0.15) is 36.8 Å². The third-order valence-electron chi connectivity index (χ3n) is 4.05. The fourth-order valence-electron chi connectivity index (χ4n) is 2.52. The van der Waals surface area contributed by atoms with E-state index in [0.29, 0.717) is 18.6 Å². The van der Waals surface area contributed by atoms with Gasteiger partial charge in [0.15, 0.2) is 6.61 Å². The molecule has 0 radical (unpaired) electrons. The van der Waals surface area contributed by atoms with Gasteiger partial charge in [-0.2, -0.15) is 0 Å². The van der Waals surface area contributed by atoms with Crippen molar-refractivity contribution >= 4 is 11.9 Å². The summed E-state index contributed by atoms with van der Waals surface area (Å²) >= 11 is 0. The molecule has 0 spiro atoms. The van der Waals surface area contributed by atoms with Crippen LogP contribution in [0.15, 0.2) is 18.2 Å². The zero-order chi connectivity index (χ0) is 15.5. The molecule has 1 aliphatic carbocycles. The minimum absolute atomic E-state index is 0.0254. The van der Waals surface area contributed by atoms with Crippen LogP contribution in [0, 0.1) is 13.8 Å². The summed E-state index contributed by atoms with van der Waals surface area (Å²) < 4.78 is 5.46. The van der Waals surface area contributed by atoms with Crippen molar-refractivity contribution in [2.75, 3.05) is 6.61 Å². The van der Waals surface area contributed by atoms with Crippen LogP contribution in [0.3, 0.4) is 0 Å². The first kappa shape index (κ1) is 15.4. The summed E-state index contributed by atoms with van der Waals surface area (Å²) in [4.78, 5) is 22.8. The Balaban J connectivity index is 1.86. The molecule has 0 saturated heterocycles. The Labute approximate surface area is 124 Å². The van der Waals surface area contributed by atoms with Crippen molar-refractivity contribution in [1.82, 2.24) is 5.32 Å². The van der Waals surface area contributed by atoms with Crippen LogP contribution in [-0.2, 0) is 9.59 Å². The third-order valence-corrected chi connectivity index (χ3v) is 4.05. The lowest BCUT2D eigenvalue weighted by molar-refractivity contribution is -0.140. The van der Waals surface area contributed by atoms with Crippen molar-refractivity contribution in [3.8, 4) is 5.75 Å². The van der Waals surface area contributed by atoms with Gasteiger partial charge in [0.05, 0.1) is 12.0 Å². The molecule has 5 heteroatoms. The molecule has 1 aromatic rings. The second-order valence-corrected chi connectivity index (χ2v) is 5.79. The summed E-state index contributed by atoms with van der Waals surface area (Å²) in [6, 6.07) is 5.66. The minimum Gasteiger partial charge on any atom is -0.484 e. The molecule has 0 unspecified atom stereocenters. The van der Waals surface area contributed by atoms with Gasteiger partial charge in [0, 0.05) is 0 Å². The Hall–Kier alpha value is -2.04. The topological polar surface area (TPSA) is 75.6 Å². The largest absolute Gasteiger partial charge is 0.484 e. The van der Waals surface area contributed by atoms with E-state index in [9.17, 15) is 9.59 Å². The minimum atomic E-state index is -0.884. The summed E-state index contributed by atoms with van der Waals surface area (Å²) in [6.07, 6.45) is 2.36. The normalized spacial score (nSPS) is 15.9. The van der Waals surface area contributed by atoms with Crippen LogP contribution in [0.5, 0.6) is 5.75 Å². The molecule has 1 amide bonds. The lowest BCUT2D eigenvalue weighted by Crippen LogP contribution is -2.55. The number of benzene rings is 1. The van der Waals surface area contributed by atoms with E-state index in [1.165, 1.54) is 5.56 Å². The van der Waals surface area contributed by atoms with E-state index in [-0.39, 0.29) is 18.9 Å². The first-order valence-electron chi connectivity index (χ1n) is 7.13. The van der Waals surface area contributed by atoms with Crippen LogP contribution in [-0.4, -0.2) is 29.1 Å². The molecule has 0 aromatic heterocycles. The Kier molecular flexibility index (Phi) is 4.50. The van der Waals surface area contributed by atoms with Crippen molar-refractivity contribution < 1.29 is 19.4 Å². The number of aliphatic carboxylic acids is 1. The van der Waals surface area contributed by atoms with Gasteiger partial charge in [0.25, 0.3) is 5.91 Å². The van der Waals surface area contributed by atoms with Gasteiger partial charge in [-0.15, -0.1) is 0 Å². The number of rotatable bonds is 6. The monoisotopic (exact) mass is 291 g/mol. The van der Waals surface area contributed by atoms with Gasteiger partial charge in [0.1, 0.15) is 5.75 Å². The third kappa shape index (κ3) is 3.97. The number of hydrogen-bond acceptors (Lipinski definition) is 3. The van der Waals surface area contributed by atoms with Crippen LogP contribution < -0.4 is 10.1 Å². The lowest BCUT2D eigenvalue weighted by Gasteiger charge is -2.41. The molecule has 1 saturated carbocycles. The van der Waals surface area contributed by atoms with Crippen LogP contribution >= 0.6 is 0 Å². The van der Waals surface area contributed by atoms with Gasteiger partial charge in [0.2, 0.25) is 0 Å². The van der Waals surface area contributed by atoms with Gasteiger partial charge in [-0.3, -0.25) is 9.59 Å². The van der Waals surface area contributed by atoms with Crippen LogP contribution in [0.2, 0.25) is 0 Å². The van der Waals surface area contributed by atoms with Gasteiger partial charge in [-0.25, -0.2) is 0 Å². The van der Waals surface area contributed by atoms with E-state index in [4.69, 9.17) is 9.84 Å². The molecule has 21 heavy (non-hydrogen) atoms. The highest BCUT2D eigenvalue weighted by molar-refractivity contribution is 5.80. The molecule has 1 fully saturated rings. The van der Waals surface area contributed by atoms with Gasteiger partial charge >= 0.3 is 5.97 Å². The van der Waals surface area contributed by atoms with E-state index in [1.54, 1.807) is 0 Å². The Morgan fingerprint density at radius 1 is 1.29 bits per heavy atom. The summed E-state index contributed by atoms with van der Waals surface area (Å²) in [5.41, 5.74) is 1.70. The van der Waals surface area contributed by atoms with E-state index < -0.39 is 11.5 Å². The van der Waals surface area contributed by atoms with Crippen LogP contribution in [0.4, 0.5) is 0 Å². The Morgan fingerprint density at radius 3 is 2.52 bits per heavy atom. The average molecular weight is 291 g/mol. The molecule has 114 valence electrons. The number of aryl methyl sites for hydroxylation is 2. The molecule has 1 aliphatic rings. The lowest BCUT2D eigenvalue weighted by atomic mass is 9.74. The fraction of sp³-hybridized carbons (Fsp3) is 0.500. The highest BCUT2D eigenvalue weighted by atomic mass is 16.5. The maximum atomic E-state index is 11.9. The van der Waals surface area contributed by atoms with E-state index >= 15 is 0 Å². The Morgan fingerprint density at radius 2 is 2.00 bits per heavy atom. The standard InChI is InChI=1S/C16H21NO4/c1-11-4-5-13(8-12(11)2)21-10-14(18)17-16(6-3-7-16)9-15(19)20/h4-5,8H,3,6-7,9-10H2,1-2H3,(H,17,18)(H,19,20). The molecule has 0 heterocycles. The van der Waals surface area contributed by atoms with Gasteiger partial charge < -0.3 is 15.2 Å². The zero-order valence-corrected chi connectivity index (χ0v) is 12.4. The number of hydrogen-bond donors (Lipinski definition) is 2. The quantitative estimate of drug-likeness (QED) is 0.842. The van der Waals surface area contributed by atoms with Gasteiger partial charge in [-0.05, 0) is 56.4 Å². The number of carbonyl (C=O) groups is 2. The predicted molar refractivity (Wildman–Crippen MR) is 78.4 cm³/mol. The molecule has 0 bridgehead atoms. The van der Waals surface area contributed by atoms with Crippen molar-refractivity contribution in [2.45, 2.75) is 45.1 Å². The molecule has 0 aliphatic heterocycles. The second-order valence-electron chi connectivity index (χ2n) is 5.79. The SMILES string of the molecule is Cc1ccc(OCC(=O)NC2(CC(=O)O)CCC2)cc1C. The Bertz CT molecular complexity index is 549. The second kappa shape index (κ2) is 6.16. The zero-order valence-electron chi connectivity index (χ0n) is 12.4. The molecular weight excluding hydrogens is 270 g/mol. The number of amides is 1. The van der Waals surface area contributed by atoms with E-state index in [1.807, 2.05) is 32.0 Å². The summed E-state index contributed by atoms with van der Waals surface area (Å²) in [5.74, 6) is -0.506. The maximum Gasteiger partial charge on any atom is 0.305 e. The summed E-state index contributed by atoms with van der Waals surface area (Å²) in [6.45, 7) is 3.90.